The van der Waals surface area contributed by atoms with Gasteiger partial charge in [-0.2, -0.15) is 0 Å². The van der Waals surface area contributed by atoms with Crippen molar-refractivity contribution in [3.05, 3.63) is 96.1 Å². The highest BCUT2D eigenvalue weighted by Gasteiger charge is 2.28. The maximum Gasteiger partial charge on any atom is 0.312 e. The lowest BCUT2D eigenvalue weighted by Gasteiger charge is -2.24. The van der Waals surface area contributed by atoms with Gasteiger partial charge in [-0.05, 0) is 43.0 Å². The lowest BCUT2D eigenvalue weighted by molar-refractivity contribution is -0.157. The van der Waals surface area contributed by atoms with Gasteiger partial charge in [-0.1, -0.05) is 84.9 Å². The Kier molecular flexibility index (Phi) is 5.22. The van der Waals surface area contributed by atoms with Crippen LogP contribution in [-0.4, -0.2) is 5.97 Å². The van der Waals surface area contributed by atoms with Crippen molar-refractivity contribution in [2.24, 2.45) is 5.41 Å². The quantitative estimate of drug-likeness (QED) is 0.540. The minimum absolute atomic E-state index is 0.210. The molecular weight excluding hydrogens is 320 g/mol. The van der Waals surface area contributed by atoms with E-state index in [4.69, 9.17) is 4.74 Å². The van der Waals surface area contributed by atoms with E-state index in [0.29, 0.717) is 0 Å². The van der Waals surface area contributed by atoms with Crippen molar-refractivity contribution in [1.82, 2.24) is 0 Å². The Morgan fingerprint density at radius 3 is 1.69 bits per heavy atom. The summed E-state index contributed by atoms with van der Waals surface area (Å²) in [5.41, 5.74) is 3.70. The van der Waals surface area contributed by atoms with Crippen LogP contribution in [0.15, 0.2) is 84.9 Å². The van der Waals surface area contributed by atoms with Crippen LogP contribution in [0, 0.1) is 5.41 Å². The van der Waals surface area contributed by atoms with Gasteiger partial charge in [-0.15, -0.1) is 0 Å². The molecule has 0 bridgehead atoms. The second kappa shape index (κ2) is 7.57. The molecule has 0 radical (unpaired) electrons. The summed E-state index contributed by atoms with van der Waals surface area (Å²) in [4.78, 5) is 12.5. The molecule has 0 heterocycles. The van der Waals surface area contributed by atoms with Gasteiger partial charge in [0.25, 0.3) is 0 Å². The molecule has 0 saturated carbocycles. The van der Waals surface area contributed by atoms with E-state index in [1.165, 1.54) is 5.56 Å². The van der Waals surface area contributed by atoms with E-state index in [9.17, 15) is 4.79 Å². The van der Waals surface area contributed by atoms with Gasteiger partial charge in [-0.25, -0.2) is 0 Å². The van der Waals surface area contributed by atoms with E-state index in [2.05, 4.69) is 24.3 Å². The van der Waals surface area contributed by atoms with E-state index in [-0.39, 0.29) is 5.97 Å². The van der Waals surface area contributed by atoms with Crippen molar-refractivity contribution >= 4 is 5.97 Å². The molecule has 2 nitrogen and oxygen atoms in total. The highest BCUT2D eigenvalue weighted by atomic mass is 16.5. The molecule has 2 heteroatoms. The molecule has 1 atom stereocenters. The topological polar surface area (TPSA) is 26.3 Å². The van der Waals surface area contributed by atoms with E-state index in [1.54, 1.807) is 0 Å². The summed E-state index contributed by atoms with van der Waals surface area (Å²) in [6.45, 7) is 5.61. The zero-order chi connectivity index (χ0) is 18.6. The SMILES string of the molecule is CC(C)(C)C(=O)O[C@@H](c1ccccc1)c1ccc(-c2ccccc2)cc1. The first-order valence-corrected chi connectivity index (χ1v) is 8.86. The fourth-order valence-corrected chi connectivity index (χ4v) is 2.72. The smallest absolute Gasteiger partial charge is 0.312 e. The second-order valence-electron chi connectivity index (χ2n) is 7.43. The second-order valence-corrected chi connectivity index (χ2v) is 7.43. The minimum Gasteiger partial charge on any atom is -0.452 e. The summed E-state index contributed by atoms with van der Waals surface area (Å²) in [5.74, 6) is -0.210. The van der Waals surface area contributed by atoms with Crippen molar-refractivity contribution in [3.63, 3.8) is 0 Å². The van der Waals surface area contributed by atoms with E-state index >= 15 is 0 Å². The highest BCUT2D eigenvalue weighted by Crippen LogP contribution is 2.31. The molecule has 0 N–H and O–H groups in total. The summed E-state index contributed by atoms with van der Waals surface area (Å²) >= 11 is 0. The molecule has 3 aromatic carbocycles. The van der Waals surface area contributed by atoms with E-state index in [0.717, 1.165) is 16.7 Å². The monoisotopic (exact) mass is 344 g/mol. The van der Waals surface area contributed by atoms with Crippen LogP contribution in [0.2, 0.25) is 0 Å². The molecule has 3 aromatic rings. The zero-order valence-corrected chi connectivity index (χ0v) is 15.5. The van der Waals surface area contributed by atoms with Crippen LogP contribution < -0.4 is 0 Å². The summed E-state index contributed by atoms with van der Waals surface area (Å²) < 4.78 is 5.89. The number of esters is 1. The van der Waals surface area contributed by atoms with Gasteiger partial charge < -0.3 is 4.74 Å². The highest BCUT2D eigenvalue weighted by molar-refractivity contribution is 5.76. The molecule has 26 heavy (non-hydrogen) atoms. The summed E-state index contributed by atoms with van der Waals surface area (Å²) in [7, 11) is 0. The fourth-order valence-electron chi connectivity index (χ4n) is 2.72. The number of hydrogen-bond donors (Lipinski definition) is 0. The third kappa shape index (κ3) is 4.20. The molecule has 132 valence electrons. The minimum atomic E-state index is -0.545. The first-order valence-electron chi connectivity index (χ1n) is 8.86. The molecule has 0 aliphatic rings. The summed E-state index contributed by atoms with van der Waals surface area (Å²) in [6.07, 6.45) is -0.409. The Bertz CT molecular complexity index is 844. The third-order valence-electron chi connectivity index (χ3n) is 4.26. The van der Waals surface area contributed by atoms with Gasteiger partial charge in [0.05, 0.1) is 5.41 Å². The standard InChI is InChI=1S/C24H24O2/c1-24(2,3)23(25)26-22(20-12-8-5-9-13-20)21-16-14-19(15-17-21)18-10-6-4-7-11-18/h4-17,22H,1-3H3/t22-/m0/s1. The zero-order valence-electron chi connectivity index (χ0n) is 15.5. The Labute approximate surface area is 155 Å². The van der Waals surface area contributed by atoms with Gasteiger partial charge in [0.2, 0.25) is 0 Å². The summed E-state index contributed by atoms with van der Waals surface area (Å²) in [6, 6.07) is 28.3. The lowest BCUT2D eigenvalue weighted by Crippen LogP contribution is -2.25. The number of carbonyl (C=O) groups is 1. The number of benzene rings is 3. The van der Waals surface area contributed by atoms with Crippen LogP contribution in [-0.2, 0) is 9.53 Å². The predicted octanol–water partition coefficient (Wildman–Crippen LogP) is 6.03. The van der Waals surface area contributed by atoms with Gasteiger partial charge in [0, 0.05) is 0 Å². The van der Waals surface area contributed by atoms with Crippen molar-refractivity contribution in [1.29, 1.82) is 0 Å². The largest absolute Gasteiger partial charge is 0.452 e. The predicted molar refractivity (Wildman–Crippen MR) is 106 cm³/mol. The van der Waals surface area contributed by atoms with Crippen LogP contribution in [0.1, 0.15) is 38.0 Å². The van der Waals surface area contributed by atoms with Crippen LogP contribution in [0.5, 0.6) is 0 Å². The number of rotatable bonds is 4. The Morgan fingerprint density at radius 2 is 1.15 bits per heavy atom. The lowest BCUT2D eigenvalue weighted by atomic mass is 9.95. The van der Waals surface area contributed by atoms with Crippen LogP contribution >= 0.6 is 0 Å². The third-order valence-corrected chi connectivity index (χ3v) is 4.26. The summed E-state index contributed by atoms with van der Waals surface area (Å²) in [5, 5.41) is 0. The van der Waals surface area contributed by atoms with Gasteiger partial charge in [-0.3, -0.25) is 4.79 Å². The van der Waals surface area contributed by atoms with Gasteiger partial charge in [0.1, 0.15) is 0 Å². The molecule has 3 rings (SSSR count). The molecule has 0 saturated heterocycles. The Balaban J connectivity index is 1.93. The number of ether oxygens (including phenoxy) is 1. The average molecular weight is 344 g/mol. The Morgan fingerprint density at radius 1 is 0.692 bits per heavy atom. The maximum atomic E-state index is 12.5. The van der Waals surface area contributed by atoms with Gasteiger partial charge >= 0.3 is 5.97 Å². The number of hydrogen-bond acceptors (Lipinski definition) is 2. The number of carbonyl (C=O) groups excluding carboxylic acids is 1. The van der Waals surface area contributed by atoms with E-state index in [1.807, 2.05) is 81.4 Å². The van der Waals surface area contributed by atoms with E-state index < -0.39 is 11.5 Å². The molecular formula is C24H24O2. The molecule has 0 spiro atoms. The van der Waals surface area contributed by atoms with Gasteiger partial charge in [0.15, 0.2) is 6.10 Å². The van der Waals surface area contributed by atoms with Crippen molar-refractivity contribution < 1.29 is 9.53 Å². The van der Waals surface area contributed by atoms with Crippen LogP contribution in [0.3, 0.4) is 0 Å². The fraction of sp³-hybridized carbons (Fsp3) is 0.208. The molecule has 0 amide bonds. The Hall–Kier alpha value is -2.87. The van der Waals surface area contributed by atoms with Crippen LogP contribution in [0.25, 0.3) is 11.1 Å². The van der Waals surface area contributed by atoms with Crippen molar-refractivity contribution in [2.45, 2.75) is 26.9 Å². The molecule has 0 aliphatic heterocycles. The first kappa shape index (κ1) is 17.9. The maximum absolute atomic E-state index is 12.5. The first-order chi connectivity index (χ1) is 12.4. The normalized spacial score (nSPS) is 12.4. The molecule has 0 unspecified atom stereocenters. The van der Waals surface area contributed by atoms with Crippen LogP contribution in [0.4, 0.5) is 0 Å². The molecule has 0 aliphatic carbocycles. The van der Waals surface area contributed by atoms with Crippen molar-refractivity contribution in [2.75, 3.05) is 0 Å². The molecule has 0 fully saturated rings. The average Bonchev–Trinajstić information content (AvgIpc) is 2.67. The molecule has 0 aromatic heterocycles. The van der Waals surface area contributed by atoms with Crippen molar-refractivity contribution in [3.8, 4) is 11.1 Å².